The zero-order chi connectivity index (χ0) is 22.9. The highest BCUT2D eigenvalue weighted by Crippen LogP contribution is 2.15. The molecule has 31 heavy (non-hydrogen) atoms. The van der Waals surface area contributed by atoms with E-state index >= 15 is 0 Å². The maximum atomic E-state index is 11.8. The molecule has 1 fully saturated rings. The fraction of sp³-hybridized carbons (Fsp3) is 0.826. The van der Waals surface area contributed by atoms with Crippen molar-refractivity contribution in [1.29, 1.82) is 0 Å². The van der Waals surface area contributed by atoms with Gasteiger partial charge in [0.15, 0.2) is 0 Å². The van der Waals surface area contributed by atoms with Gasteiger partial charge in [-0.05, 0) is 6.42 Å². The molecule has 2 amide bonds. The number of imide groups is 1. The molecule has 0 N–H and O–H groups in total. The van der Waals surface area contributed by atoms with Gasteiger partial charge in [-0.15, -0.1) is 0 Å². The molecule has 1 unspecified atom stereocenters. The molecule has 0 bridgehead atoms. The first-order valence-electron chi connectivity index (χ1n) is 11.9. The lowest BCUT2D eigenvalue weighted by atomic mass is 10.0. The summed E-state index contributed by atoms with van der Waals surface area (Å²) in [6.45, 7) is 3.61. The molecule has 0 aromatic rings. The van der Waals surface area contributed by atoms with Crippen LogP contribution in [0.25, 0.3) is 0 Å². The lowest BCUT2D eigenvalue weighted by Crippen LogP contribution is -2.34. The molecule has 0 aliphatic carbocycles. The van der Waals surface area contributed by atoms with Gasteiger partial charge in [0, 0.05) is 26.2 Å². The number of esters is 1. The van der Waals surface area contributed by atoms with Crippen LogP contribution >= 0.6 is 0 Å². The minimum atomic E-state index is -1.26. The number of nitrogens with zero attached hydrogens (tertiary/aromatic N) is 1. The van der Waals surface area contributed by atoms with Crippen LogP contribution in [0.1, 0.15) is 117 Å². The smallest absolute Gasteiger partial charge is 0.425 e. The lowest BCUT2D eigenvalue weighted by molar-refractivity contribution is -0.191. The first kappa shape index (κ1) is 26.9. The SMILES string of the molecule is CCCCCCCCCCCCCCCC(=O)OC(C)OC(=O)ON1C(=O)CCC1=O. The topological polar surface area (TPSA) is 99.2 Å². The van der Waals surface area contributed by atoms with Gasteiger partial charge in [0.1, 0.15) is 0 Å². The second-order valence-electron chi connectivity index (χ2n) is 8.09. The van der Waals surface area contributed by atoms with Gasteiger partial charge in [-0.3, -0.25) is 19.2 Å². The van der Waals surface area contributed by atoms with Crippen LogP contribution in [0.2, 0.25) is 0 Å². The van der Waals surface area contributed by atoms with Crippen molar-refractivity contribution in [2.45, 2.75) is 123 Å². The van der Waals surface area contributed by atoms with Crippen molar-refractivity contribution >= 4 is 23.9 Å². The summed E-state index contributed by atoms with van der Waals surface area (Å²) in [5, 5.41) is 0.379. The van der Waals surface area contributed by atoms with Crippen molar-refractivity contribution in [3.05, 3.63) is 0 Å². The number of ether oxygens (including phenoxy) is 2. The molecule has 1 aliphatic heterocycles. The molecule has 1 heterocycles. The number of carbonyl (C=O) groups is 4. The third-order valence-corrected chi connectivity index (χ3v) is 5.22. The van der Waals surface area contributed by atoms with E-state index in [4.69, 9.17) is 9.47 Å². The number of hydrogen-bond donors (Lipinski definition) is 0. The van der Waals surface area contributed by atoms with Gasteiger partial charge in [0.2, 0.25) is 6.29 Å². The maximum Gasteiger partial charge on any atom is 0.537 e. The van der Waals surface area contributed by atoms with Crippen LogP contribution in [0.5, 0.6) is 0 Å². The van der Waals surface area contributed by atoms with Gasteiger partial charge in [-0.25, -0.2) is 4.79 Å². The molecule has 178 valence electrons. The Morgan fingerprint density at radius 1 is 0.774 bits per heavy atom. The Morgan fingerprint density at radius 3 is 1.71 bits per heavy atom. The lowest BCUT2D eigenvalue weighted by Gasteiger charge is -2.16. The summed E-state index contributed by atoms with van der Waals surface area (Å²) >= 11 is 0. The van der Waals surface area contributed by atoms with Crippen LogP contribution in [0.4, 0.5) is 4.79 Å². The molecule has 1 rings (SSSR count). The van der Waals surface area contributed by atoms with Gasteiger partial charge >= 0.3 is 12.1 Å². The van der Waals surface area contributed by atoms with Crippen LogP contribution < -0.4 is 0 Å². The second kappa shape index (κ2) is 16.6. The van der Waals surface area contributed by atoms with E-state index < -0.39 is 30.2 Å². The second-order valence-corrected chi connectivity index (χ2v) is 8.09. The average molecular weight is 442 g/mol. The zero-order valence-electron chi connectivity index (χ0n) is 19.2. The van der Waals surface area contributed by atoms with E-state index in [0.29, 0.717) is 5.06 Å². The summed E-state index contributed by atoms with van der Waals surface area (Å²) in [7, 11) is 0. The van der Waals surface area contributed by atoms with Crippen LogP contribution in [-0.2, 0) is 28.7 Å². The summed E-state index contributed by atoms with van der Waals surface area (Å²) in [4.78, 5) is 50.7. The maximum absolute atomic E-state index is 11.8. The van der Waals surface area contributed by atoms with E-state index in [9.17, 15) is 19.2 Å². The predicted octanol–water partition coefficient (Wildman–Crippen LogP) is 5.57. The number of unbranched alkanes of at least 4 members (excludes halogenated alkanes) is 12. The van der Waals surface area contributed by atoms with Crippen molar-refractivity contribution in [2.75, 3.05) is 0 Å². The van der Waals surface area contributed by atoms with Crippen molar-refractivity contribution in [3.63, 3.8) is 0 Å². The number of carbonyl (C=O) groups excluding carboxylic acids is 4. The molecule has 0 aromatic heterocycles. The number of hydrogen-bond acceptors (Lipinski definition) is 7. The summed E-state index contributed by atoms with van der Waals surface area (Å²) in [6.07, 6.45) is 13.7. The number of rotatable bonds is 17. The monoisotopic (exact) mass is 441 g/mol. The van der Waals surface area contributed by atoms with Crippen LogP contribution in [0.15, 0.2) is 0 Å². The number of amides is 2. The minimum absolute atomic E-state index is 0.00419. The van der Waals surface area contributed by atoms with E-state index in [1.54, 1.807) is 0 Å². The minimum Gasteiger partial charge on any atom is -0.425 e. The fourth-order valence-electron chi connectivity index (χ4n) is 3.44. The van der Waals surface area contributed by atoms with E-state index in [0.717, 1.165) is 19.3 Å². The molecule has 0 saturated carbocycles. The molecule has 0 aromatic carbocycles. The van der Waals surface area contributed by atoms with Crippen molar-refractivity contribution in [1.82, 2.24) is 5.06 Å². The molecular formula is C23H39NO7. The van der Waals surface area contributed by atoms with Crippen LogP contribution in [0.3, 0.4) is 0 Å². The highest BCUT2D eigenvalue weighted by molar-refractivity contribution is 6.01. The normalized spacial score (nSPS) is 14.6. The van der Waals surface area contributed by atoms with E-state index in [1.165, 1.54) is 71.1 Å². The molecule has 0 radical (unpaired) electrons. The average Bonchev–Trinajstić information content (AvgIpc) is 3.03. The summed E-state index contributed by atoms with van der Waals surface area (Å²) < 4.78 is 9.74. The number of hydroxylamine groups is 2. The molecule has 1 aliphatic rings. The summed E-state index contributed by atoms with van der Waals surface area (Å²) in [5.41, 5.74) is 0. The Bertz CT molecular complexity index is 548. The van der Waals surface area contributed by atoms with Gasteiger partial charge in [0.25, 0.3) is 11.8 Å². The Hall–Kier alpha value is -2.12. The van der Waals surface area contributed by atoms with Gasteiger partial charge < -0.3 is 9.47 Å². The molecule has 1 atom stereocenters. The third kappa shape index (κ3) is 13.0. The molecule has 1 saturated heterocycles. The third-order valence-electron chi connectivity index (χ3n) is 5.22. The first-order chi connectivity index (χ1) is 14.9. The van der Waals surface area contributed by atoms with Crippen LogP contribution in [0, 0.1) is 0 Å². The van der Waals surface area contributed by atoms with E-state index in [1.807, 2.05) is 0 Å². The first-order valence-corrected chi connectivity index (χ1v) is 11.9. The van der Waals surface area contributed by atoms with Crippen molar-refractivity contribution < 1.29 is 33.5 Å². The summed E-state index contributed by atoms with van der Waals surface area (Å²) in [5.74, 6) is -1.67. The van der Waals surface area contributed by atoms with Crippen molar-refractivity contribution in [2.24, 2.45) is 0 Å². The molecular weight excluding hydrogens is 402 g/mol. The van der Waals surface area contributed by atoms with Crippen LogP contribution in [-0.4, -0.2) is 35.3 Å². The van der Waals surface area contributed by atoms with E-state index in [2.05, 4.69) is 11.8 Å². The Morgan fingerprint density at radius 2 is 1.23 bits per heavy atom. The molecule has 8 nitrogen and oxygen atoms in total. The Balaban J connectivity index is 1.95. The fourth-order valence-corrected chi connectivity index (χ4v) is 3.44. The molecule has 8 heteroatoms. The predicted molar refractivity (Wildman–Crippen MR) is 115 cm³/mol. The quantitative estimate of drug-likeness (QED) is 0.126. The standard InChI is InChI=1S/C23H39NO7/c1-3-4-5-6-7-8-9-10-11-12-13-14-15-16-22(27)29-19(2)30-23(28)31-24-20(25)17-18-21(24)26/h19H,3-18H2,1-2H3. The molecule has 0 spiro atoms. The van der Waals surface area contributed by atoms with Crippen molar-refractivity contribution in [3.8, 4) is 0 Å². The summed E-state index contributed by atoms with van der Waals surface area (Å²) in [6, 6.07) is 0. The zero-order valence-corrected chi connectivity index (χ0v) is 19.2. The largest absolute Gasteiger partial charge is 0.537 e. The van der Waals surface area contributed by atoms with Gasteiger partial charge in [-0.2, -0.15) is 0 Å². The Kier molecular flexibility index (Phi) is 14.4. The highest BCUT2D eigenvalue weighted by Gasteiger charge is 2.34. The van der Waals surface area contributed by atoms with Gasteiger partial charge in [-0.1, -0.05) is 89.0 Å². The Labute approximate surface area is 185 Å². The highest BCUT2D eigenvalue weighted by atomic mass is 16.9. The van der Waals surface area contributed by atoms with E-state index in [-0.39, 0.29) is 19.3 Å². The van der Waals surface area contributed by atoms with Gasteiger partial charge in [0.05, 0.1) is 0 Å².